The molecule has 19 heavy (non-hydrogen) atoms. The van der Waals surface area contributed by atoms with Gasteiger partial charge in [-0.3, -0.25) is 0 Å². The van der Waals surface area contributed by atoms with Gasteiger partial charge in [-0.25, -0.2) is 0 Å². The second-order valence-electron chi connectivity index (χ2n) is 5.22. The lowest BCUT2D eigenvalue weighted by molar-refractivity contribution is 0.270. The molecule has 0 N–H and O–H groups in total. The van der Waals surface area contributed by atoms with Crippen LogP contribution < -0.4 is 0 Å². The second-order valence-corrected chi connectivity index (χ2v) is 5.65. The summed E-state index contributed by atoms with van der Waals surface area (Å²) >= 11 is 5.91. The number of halogens is 1. The van der Waals surface area contributed by atoms with E-state index in [0.717, 1.165) is 23.4 Å². The highest BCUT2D eigenvalue weighted by Gasteiger charge is 2.46. The van der Waals surface area contributed by atoms with Crippen molar-refractivity contribution >= 4 is 11.6 Å². The topological polar surface area (TPSA) is 23.8 Å². The van der Waals surface area contributed by atoms with Gasteiger partial charge in [-0.15, -0.1) is 0 Å². The van der Waals surface area contributed by atoms with Crippen LogP contribution >= 0.6 is 11.6 Å². The number of nitrogens with zero attached hydrogens (tertiary/aromatic N) is 1. The fourth-order valence-electron chi connectivity index (χ4n) is 2.90. The zero-order chi connectivity index (χ0) is 13.3. The molecule has 1 nitrogen and oxygen atoms in total. The Hall–Kier alpha value is -1.78. The fourth-order valence-corrected chi connectivity index (χ4v) is 3.03. The van der Waals surface area contributed by atoms with E-state index < -0.39 is 0 Å². The van der Waals surface area contributed by atoms with Crippen molar-refractivity contribution in [3.63, 3.8) is 0 Å². The van der Waals surface area contributed by atoms with E-state index >= 15 is 0 Å². The fraction of sp³-hybridized carbons (Fsp3) is 0.235. The van der Waals surface area contributed by atoms with Crippen LogP contribution in [-0.2, 0) is 5.41 Å². The van der Waals surface area contributed by atoms with Crippen LogP contribution in [0.1, 0.15) is 29.9 Å². The monoisotopic (exact) mass is 267 g/mol. The molecule has 2 aromatic rings. The Morgan fingerprint density at radius 1 is 1.00 bits per heavy atom. The van der Waals surface area contributed by atoms with Crippen molar-refractivity contribution in [1.82, 2.24) is 0 Å². The highest BCUT2D eigenvalue weighted by Crippen LogP contribution is 2.52. The first kappa shape index (κ1) is 12.3. The van der Waals surface area contributed by atoms with E-state index in [1.165, 1.54) is 5.56 Å². The van der Waals surface area contributed by atoms with E-state index in [1.807, 2.05) is 30.3 Å². The standard InChI is InChI=1S/C17H14ClN/c18-16-8-6-15(7-9-16)17(12-19)10-14(11-17)13-4-2-1-3-5-13/h1-9,14H,10-11H2. The summed E-state index contributed by atoms with van der Waals surface area (Å²) in [5, 5.41) is 10.3. The van der Waals surface area contributed by atoms with Gasteiger partial charge in [0.2, 0.25) is 0 Å². The summed E-state index contributed by atoms with van der Waals surface area (Å²) in [6.07, 6.45) is 1.80. The lowest BCUT2D eigenvalue weighted by Crippen LogP contribution is -2.38. The Kier molecular flexibility index (Phi) is 3.05. The van der Waals surface area contributed by atoms with E-state index in [4.69, 9.17) is 11.6 Å². The molecule has 0 amide bonds. The van der Waals surface area contributed by atoms with Crippen LogP contribution in [0.3, 0.4) is 0 Å². The molecule has 0 radical (unpaired) electrons. The Bertz CT molecular complexity index is 604. The van der Waals surface area contributed by atoms with Crippen molar-refractivity contribution in [3.8, 4) is 6.07 Å². The summed E-state index contributed by atoms with van der Waals surface area (Å²) in [7, 11) is 0. The largest absolute Gasteiger partial charge is 0.197 e. The van der Waals surface area contributed by atoms with Gasteiger partial charge in [-0.1, -0.05) is 54.1 Å². The molecular formula is C17H14ClN. The highest BCUT2D eigenvalue weighted by molar-refractivity contribution is 6.30. The smallest absolute Gasteiger partial charge is 0.0834 e. The van der Waals surface area contributed by atoms with Gasteiger partial charge >= 0.3 is 0 Å². The van der Waals surface area contributed by atoms with Gasteiger partial charge in [-0.2, -0.15) is 5.26 Å². The van der Waals surface area contributed by atoms with E-state index in [2.05, 4.69) is 30.3 Å². The number of hydrogen-bond acceptors (Lipinski definition) is 1. The first-order valence-electron chi connectivity index (χ1n) is 6.46. The molecule has 94 valence electrons. The summed E-state index contributed by atoms with van der Waals surface area (Å²) in [5.74, 6) is 0.497. The summed E-state index contributed by atoms with van der Waals surface area (Å²) < 4.78 is 0. The van der Waals surface area contributed by atoms with Crippen LogP contribution in [0.25, 0.3) is 0 Å². The van der Waals surface area contributed by atoms with Crippen molar-refractivity contribution in [2.24, 2.45) is 0 Å². The van der Waals surface area contributed by atoms with Crippen molar-refractivity contribution in [2.45, 2.75) is 24.2 Å². The Morgan fingerprint density at radius 2 is 1.63 bits per heavy atom. The molecule has 2 aromatic carbocycles. The normalized spacial score (nSPS) is 25.4. The number of benzene rings is 2. The van der Waals surface area contributed by atoms with E-state index in [1.54, 1.807) is 0 Å². The molecule has 0 atom stereocenters. The molecule has 0 spiro atoms. The first-order valence-corrected chi connectivity index (χ1v) is 6.83. The maximum atomic E-state index is 9.54. The molecule has 1 aliphatic carbocycles. The van der Waals surface area contributed by atoms with E-state index in [-0.39, 0.29) is 5.41 Å². The minimum absolute atomic E-state index is 0.328. The van der Waals surface area contributed by atoms with Crippen molar-refractivity contribution in [3.05, 3.63) is 70.7 Å². The summed E-state index contributed by atoms with van der Waals surface area (Å²) in [6.45, 7) is 0. The van der Waals surface area contributed by atoms with Crippen molar-refractivity contribution < 1.29 is 0 Å². The van der Waals surface area contributed by atoms with E-state index in [0.29, 0.717) is 5.92 Å². The third-order valence-corrected chi connectivity index (χ3v) is 4.32. The van der Waals surface area contributed by atoms with E-state index in [9.17, 15) is 5.26 Å². The first-order chi connectivity index (χ1) is 9.23. The zero-order valence-corrected chi connectivity index (χ0v) is 11.3. The average molecular weight is 268 g/mol. The van der Waals surface area contributed by atoms with Crippen LogP contribution in [0.2, 0.25) is 5.02 Å². The van der Waals surface area contributed by atoms with Gasteiger partial charge in [0, 0.05) is 5.02 Å². The average Bonchev–Trinajstić information content (AvgIpc) is 2.41. The molecule has 1 fully saturated rings. The summed E-state index contributed by atoms with van der Waals surface area (Å²) in [4.78, 5) is 0. The maximum absolute atomic E-state index is 9.54. The minimum Gasteiger partial charge on any atom is -0.197 e. The lowest BCUT2D eigenvalue weighted by atomic mass is 9.58. The van der Waals surface area contributed by atoms with Gasteiger partial charge in [0.25, 0.3) is 0 Å². The molecule has 0 heterocycles. The molecule has 0 unspecified atom stereocenters. The molecule has 0 saturated heterocycles. The Labute approximate surface area is 118 Å². The zero-order valence-electron chi connectivity index (χ0n) is 10.5. The van der Waals surface area contributed by atoms with Gasteiger partial charge in [0.1, 0.15) is 0 Å². The molecule has 0 aliphatic heterocycles. The molecule has 0 aromatic heterocycles. The molecule has 1 saturated carbocycles. The van der Waals surface area contributed by atoms with Crippen LogP contribution in [0.5, 0.6) is 0 Å². The Balaban J connectivity index is 1.82. The lowest BCUT2D eigenvalue weighted by Gasteiger charge is -2.43. The quantitative estimate of drug-likeness (QED) is 0.775. The van der Waals surface area contributed by atoms with Crippen LogP contribution in [0.4, 0.5) is 0 Å². The number of rotatable bonds is 2. The third-order valence-electron chi connectivity index (χ3n) is 4.07. The number of hydrogen-bond donors (Lipinski definition) is 0. The van der Waals surface area contributed by atoms with Crippen LogP contribution in [0.15, 0.2) is 54.6 Å². The van der Waals surface area contributed by atoms with Gasteiger partial charge in [-0.05, 0) is 42.0 Å². The predicted octanol–water partition coefficient (Wildman–Crippen LogP) is 4.68. The van der Waals surface area contributed by atoms with Crippen molar-refractivity contribution in [1.29, 1.82) is 5.26 Å². The summed E-state index contributed by atoms with van der Waals surface area (Å²) in [6, 6.07) is 20.6. The Morgan fingerprint density at radius 3 is 2.21 bits per heavy atom. The molecule has 2 heteroatoms. The molecule has 1 aliphatic rings. The number of nitriles is 1. The molecular weight excluding hydrogens is 254 g/mol. The van der Waals surface area contributed by atoms with Gasteiger partial charge < -0.3 is 0 Å². The molecule has 0 bridgehead atoms. The van der Waals surface area contributed by atoms with Crippen molar-refractivity contribution in [2.75, 3.05) is 0 Å². The van der Waals surface area contributed by atoms with Gasteiger partial charge in [0.15, 0.2) is 0 Å². The summed E-state index contributed by atoms with van der Waals surface area (Å²) in [5.41, 5.74) is 2.10. The van der Waals surface area contributed by atoms with Gasteiger partial charge in [0.05, 0.1) is 11.5 Å². The minimum atomic E-state index is -0.328. The second kappa shape index (κ2) is 4.72. The van der Waals surface area contributed by atoms with Crippen LogP contribution in [0, 0.1) is 11.3 Å². The highest BCUT2D eigenvalue weighted by atomic mass is 35.5. The third kappa shape index (κ3) is 2.13. The van der Waals surface area contributed by atoms with Crippen LogP contribution in [-0.4, -0.2) is 0 Å². The molecule has 3 rings (SSSR count). The predicted molar refractivity (Wildman–Crippen MR) is 77.2 cm³/mol. The maximum Gasteiger partial charge on any atom is 0.0834 e. The SMILES string of the molecule is N#CC1(c2ccc(Cl)cc2)CC(c2ccccc2)C1.